The van der Waals surface area contributed by atoms with E-state index in [0.717, 1.165) is 25.9 Å². The Morgan fingerprint density at radius 2 is 1.54 bits per heavy atom. The minimum absolute atomic E-state index is 0.163. The third kappa shape index (κ3) is 3.13. The molecule has 1 saturated carbocycles. The van der Waals surface area contributed by atoms with Gasteiger partial charge in [-0.3, -0.25) is 4.90 Å². The Labute approximate surface area is 145 Å². The second-order valence-corrected chi connectivity index (χ2v) is 7.43. The summed E-state index contributed by atoms with van der Waals surface area (Å²) in [6.45, 7) is 2.06. The van der Waals surface area contributed by atoms with Crippen LogP contribution in [0.5, 0.6) is 0 Å². The van der Waals surface area contributed by atoms with Crippen molar-refractivity contribution in [2.45, 2.75) is 50.3 Å². The van der Waals surface area contributed by atoms with E-state index >= 15 is 0 Å². The van der Waals surface area contributed by atoms with Crippen LogP contribution < -0.4 is 0 Å². The fourth-order valence-corrected chi connectivity index (χ4v) is 4.85. The Morgan fingerprint density at radius 3 is 2.29 bits per heavy atom. The van der Waals surface area contributed by atoms with Crippen molar-refractivity contribution in [3.8, 4) is 0 Å². The van der Waals surface area contributed by atoms with E-state index in [4.69, 9.17) is 0 Å². The Bertz CT molecular complexity index is 642. The average molecular weight is 321 g/mol. The molecule has 2 aromatic carbocycles. The summed E-state index contributed by atoms with van der Waals surface area (Å²) in [6, 6.07) is 22.1. The number of benzene rings is 2. The monoisotopic (exact) mass is 321 g/mol. The van der Waals surface area contributed by atoms with E-state index < -0.39 is 0 Å². The van der Waals surface area contributed by atoms with Gasteiger partial charge in [-0.05, 0) is 24.0 Å². The number of likely N-dealkylation sites (tertiary alicyclic amines) is 1. The first-order valence-corrected chi connectivity index (χ1v) is 9.34. The van der Waals surface area contributed by atoms with Crippen LogP contribution in [-0.2, 0) is 6.54 Å². The number of fused-ring (bicyclic) bond motifs is 1. The van der Waals surface area contributed by atoms with Gasteiger partial charge in [-0.25, -0.2) is 0 Å². The molecule has 4 rings (SSSR count). The topological polar surface area (TPSA) is 23.5 Å². The Kier molecular flexibility index (Phi) is 4.68. The number of hydrogen-bond acceptors (Lipinski definition) is 2. The van der Waals surface area contributed by atoms with Gasteiger partial charge in [-0.1, -0.05) is 73.5 Å². The minimum atomic E-state index is -0.163. The SMILES string of the molecule is O[C@@H]1CCCC[C@@H]2[C@H]1[C@@H](c1ccccc1)CN2Cc1ccccc1. The normalized spacial score (nSPS) is 30.7. The first kappa shape index (κ1) is 15.9. The van der Waals surface area contributed by atoms with Crippen molar-refractivity contribution in [3.63, 3.8) is 0 Å². The first-order chi connectivity index (χ1) is 11.8. The van der Waals surface area contributed by atoms with Crippen LogP contribution in [0.4, 0.5) is 0 Å². The molecule has 1 aliphatic carbocycles. The van der Waals surface area contributed by atoms with Crippen molar-refractivity contribution in [1.82, 2.24) is 4.90 Å². The van der Waals surface area contributed by atoms with Crippen molar-refractivity contribution in [3.05, 3.63) is 71.8 Å². The summed E-state index contributed by atoms with van der Waals surface area (Å²) in [5, 5.41) is 10.8. The zero-order valence-corrected chi connectivity index (χ0v) is 14.2. The molecule has 0 spiro atoms. The lowest BCUT2D eigenvalue weighted by Crippen LogP contribution is -2.36. The molecular formula is C22H27NO. The zero-order valence-electron chi connectivity index (χ0n) is 14.2. The van der Waals surface area contributed by atoms with E-state index in [-0.39, 0.29) is 6.10 Å². The number of hydrogen-bond donors (Lipinski definition) is 1. The van der Waals surface area contributed by atoms with E-state index in [2.05, 4.69) is 65.6 Å². The molecule has 1 aliphatic heterocycles. The van der Waals surface area contributed by atoms with Gasteiger partial charge in [0.1, 0.15) is 0 Å². The highest BCUT2D eigenvalue weighted by Gasteiger charge is 2.46. The molecule has 2 heteroatoms. The Hall–Kier alpha value is -1.64. The molecule has 0 aromatic heterocycles. The zero-order chi connectivity index (χ0) is 16.4. The van der Waals surface area contributed by atoms with E-state index in [1.54, 1.807) is 0 Å². The van der Waals surface area contributed by atoms with E-state index in [1.807, 2.05) is 0 Å². The second-order valence-electron chi connectivity index (χ2n) is 7.43. The lowest BCUT2D eigenvalue weighted by Gasteiger charge is -2.29. The molecule has 0 unspecified atom stereocenters. The summed E-state index contributed by atoms with van der Waals surface area (Å²) < 4.78 is 0. The van der Waals surface area contributed by atoms with Crippen LogP contribution in [0.15, 0.2) is 60.7 Å². The molecule has 1 heterocycles. The summed E-state index contributed by atoms with van der Waals surface area (Å²) in [7, 11) is 0. The summed E-state index contributed by atoms with van der Waals surface area (Å²) in [4.78, 5) is 2.63. The van der Waals surface area contributed by atoms with Crippen LogP contribution in [0, 0.1) is 5.92 Å². The maximum absolute atomic E-state index is 10.8. The highest BCUT2D eigenvalue weighted by molar-refractivity contribution is 5.25. The molecule has 2 aromatic rings. The fraction of sp³-hybridized carbons (Fsp3) is 0.455. The number of rotatable bonds is 3. The molecule has 126 valence electrons. The van der Waals surface area contributed by atoms with Crippen LogP contribution in [-0.4, -0.2) is 28.7 Å². The maximum Gasteiger partial charge on any atom is 0.0589 e. The third-order valence-corrected chi connectivity index (χ3v) is 5.96. The molecular weight excluding hydrogens is 294 g/mol. The van der Waals surface area contributed by atoms with Crippen LogP contribution in [0.1, 0.15) is 42.7 Å². The number of nitrogens with zero attached hydrogens (tertiary/aromatic N) is 1. The van der Waals surface area contributed by atoms with Crippen LogP contribution in [0.3, 0.4) is 0 Å². The molecule has 2 aliphatic rings. The summed E-state index contributed by atoms with van der Waals surface area (Å²) >= 11 is 0. The fourth-order valence-electron chi connectivity index (χ4n) is 4.85. The van der Waals surface area contributed by atoms with Gasteiger partial charge in [0.05, 0.1) is 6.10 Å². The van der Waals surface area contributed by atoms with Gasteiger partial charge in [-0.2, -0.15) is 0 Å². The van der Waals surface area contributed by atoms with Crippen molar-refractivity contribution in [2.24, 2.45) is 5.92 Å². The van der Waals surface area contributed by atoms with Crippen molar-refractivity contribution in [1.29, 1.82) is 0 Å². The number of aliphatic hydroxyl groups is 1. The van der Waals surface area contributed by atoms with Gasteiger partial charge >= 0.3 is 0 Å². The van der Waals surface area contributed by atoms with E-state index in [0.29, 0.717) is 17.9 Å². The van der Waals surface area contributed by atoms with Gasteiger partial charge in [0, 0.05) is 31.0 Å². The predicted molar refractivity (Wildman–Crippen MR) is 97.8 cm³/mol. The lowest BCUT2D eigenvalue weighted by atomic mass is 9.81. The van der Waals surface area contributed by atoms with E-state index in [9.17, 15) is 5.11 Å². The first-order valence-electron chi connectivity index (χ1n) is 9.34. The Morgan fingerprint density at radius 1 is 0.875 bits per heavy atom. The number of aliphatic hydroxyl groups excluding tert-OH is 1. The molecule has 0 radical (unpaired) electrons. The molecule has 0 bridgehead atoms. The van der Waals surface area contributed by atoms with Gasteiger partial charge < -0.3 is 5.11 Å². The van der Waals surface area contributed by atoms with Gasteiger partial charge in [0.25, 0.3) is 0 Å². The standard InChI is InChI=1S/C22H27NO/c24-21-14-8-7-13-20-22(21)19(18-11-5-2-6-12-18)16-23(20)15-17-9-3-1-4-10-17/h1-6,9-12,19-22,24H,7-8,13-16H2/t19-,20-,21-,22-/m1/s1. The van der Waals surface area contributed by atoms with Gasteiger partial charge in [0.15, 0.2) is 0 Å². The minimum Gasteiger partial charge on any atom is -0.393 e. The van der Waals surface area contributed by atoms with Gasteiger partial charge in [0.2, 0.25) is 0 Å². The highest BCUT2D eigenvalue weighted by atomic mass is 16.3. The van der Waals surface area contributed by atoms with Crippen LogP contribution in [0.2, 0.25) is 0 Å². The van der Waals surface area contributed by atoms with Crippen molar-refractivity contribution in [2.75, 3.05) is 6.54 Å². The summed E-state index contributed by atoms with van der Waals surface area (Å²) in [5.41, 5.74) is 2.77. The highest BCUT2D eigenvalue weighted by Crippen LogP contribution is 2.44. The maximum atomic E-state index is 10.8. The molecule has 0 amide bonds. The molecule has 1 N–H and O–H groups in total. The largest absolute Gasteiger partial charge is 0.393 e. The molecule has 4 atom stereocenters. The summed E-state index contributed by atoms with van der Waals surface area (Å²) in [6.07, 6.45) is 4.42. The quantitative estimate of drug-likeness (QED) is 0.915. The molecule has 1 saturated heterocycles. The van der Waals surface area contributed by atoms with E-state index in [1.165, 1.54) is 24.0 Å². The van der Waals surface area contributed by atoms with Crippen LogP contribution in [0.25, 0.3) is 0 Å². The average Bonchev–Trinajstić information content (AvgIpc) is 2.87. The lowest BCUT2D eigenvalue weighted by molar-refractivity contribution is 0.0754. The summed E-state index contributed by atoms with van der Waals surface area (Å²) in [5.74, 6) is 0.826. The molecule has 2 nitrogen and oxygen atoms in total. The second kappa shape index (κ2) is 7.08. The molecule has 24 heavy (non-hydrogen) atoms. The smallest absolute Gasteiger partial charge is 0.0589 e. The third-order valence-electron chi connectivity index (χ3n) is 5.96. The van der Waals surface area contributed by atoms with Crippen molar-refractivity contribution < 1.29 is 5.11 Å². The predicted octanol–water partition coefficient (Wildman–Crippen LogP) is 4.21. The van der Waals surface area contributed by atoms with Gasteiger partial charge in [-0.15, -0.1) is 0 Å². The van der Waals surface area contributed by atoms with Crippen LogP contribution >= 0.6 is 0 Å². The molecule has 2 fully saturated rings. The van der Waals surface area contributed by atoms with Crippen molar-refractivity contribution >= 4 is 0 Å². The Balaban J connectivity index is 1.63.